The Kier molecular flexibility index (Phi) is 10.1. The van der Waals surface area contributed by atoms with Gasteiger partial charge in [-0.25, -0.2) is 0 Å². The van der Waals surface area contributed by atoms with E-state index in [0.717, 1.165) is 30.2 Å². The first kappa shape index (κ1) is 20.4. The van der Waals surface area contributed by atoms with Gasteiger partial charge in [0.15, 0.2) is 5.96 Å². The molecule has 1 aliphatic heterocycles. The average Bonchev–Trinajstić information content (AvgIpc) is 3.13. The fraction of sp³-hybridized carbons (Fsp3) is 0.938. The highest BCUT2D eigenvalue weighted by atomic mass is 127. The average molecular weight is 440 g/mol. The van der Waals surface area contributed by atoms with E-state index >= 15 is 0 Å². The molecule has 2 rings (SSSR count). The van der Waals surface area contributed by atoms with E-state index in [2.05, 4.69) is 35.6 Å². The molecule has 1 saturated heterocycles. The van der Waals surface area contributed by atoms with Gasteiger partial charge in [-0.15, -0.1) is 24.0 Å². The Morgan fingerprint density at radius 3 is 2.68 bits per heavy atom. The van der Waals surface area contributed by atoms with Crippen LogP contribution < -0.4 is 10.6 Å². The summed E-state index contributed by atoms with van der Waals surface area (Å²) in [5.74, 6) is 1.77. The fourth-order valence-corrected chi connectivity index (χ4v) is 4.16. The number of aliphatic imine (C=N–C) groups is 1. The van der Waals surface area contributed by atoms with Crippen LogP contribution in [0.1, 0.15) is 39.5 Å². The molecule has 0 aromatic carbocycles. The zero-order valence-electron chi connectivity index (χ0n) is 14.3. The number of rotatable bonds is 6. The smallest absolute Gasteiger partial charge is 0.191 e. The first-order valence-corrected chi connectivity index (χ1v) is 9.83. The maximum atomic E-state index is 4.84. The lowest BCUT2D eigenvalue weighted by Gasteiger charge is -2.18. The Hall–Kier alpha value is 0.310. The summed E-state index contributed by atoms with van der Waals surface area (Å²) in [5, 5.41) is 7.88. The summed E-state index contributed by atoms with van der Waals surface area (Å²) < 4.78 is 0. The number of guanidine groups is 1. The summed E-state index contributed by atoms with van der Waals surface area (Å²) in [5.41, 5.74) is 0. The number of nitrogens with one attached hydrogen (secondary N) is 2. The van der Waals surface area contributed by atoms with Crippen molar-refractivity contribution in [2.24, 2.45) is 10.9 Å². The Balaban J connectivity index is 0.00000242. The van der Waals surface area contributed by atoms with Gasteiger partial charge in [0, 0.05) is 30.9 Å². The van der Waals surface area contributed by atoms with Crippen LogP contribution in [-0.4, -0.2) is 61.1 Å². The molecule has 1 aliphatic carbocycles. The summed E-state index contributed by atoms with van der Waals surface area (Å²) in [4.78, 5) is 7.37. The first-order valence-electron chi connectivity index (χ1n) is 8.55. The van der Waals surface area contributed by atoms with Crippen molar-refractivity contribution in [3.8, 4) is 0 Å². The zero-order valence-corrected chi connectivity index (χ0v) is 17.5. The molecule has 0 aromatic rings. The van der Waals surface area contributed by atoms with Gasteiger partial charge in [-0.3, -0.25) is 4.99 Å². The maximum Gasteiger partial charge on any atom is 0.191 e. The Labute approximate surface area is 157 Å². The molecular weight excluding hydrogens is 407 g/mol. The number of nitrogens with zero attached hydrogens (tertiary/aromatic N) is 2. The zero-order chi connectivity index (χ0) is 15.1. The molecule has 2 aliphatic rings. The highest BCUT2D eigenvalue weighted by Crippen LogP contribution is 2.28. The molecule has 1 saturated carbocycles. The molecule has 1 heterocycles. The van der Waals surface area contributed by atoms with E-state index in [9.17, 15) is 0 Å². The highest BCUT2D eigenvalue weighted by molar-refractivity contribution is 14.0. The van der Waals surface area contributed by atoms with Crippen molar-refractivity contribution < 1.29 is 0 Å². The van der Waals surface area contributed by atoms with Gasteiger partial charge in [-0.1, -0.05) is 6.92 Å². The normalized spacial score (nSPS) is 29.4. The molecule has 0 aromatic heterocycles. The topological polar surface area (TPSA) is 39.7 Å². The second-order valence-electron chi connectivity index (χ2n) is 6.28. The molecular formula is C16H33IN4S. The number of likely N-dealkylation sites (tertiary alicyclic amines) is 1. The van der Waals surface area contributed by atoms with Crippen LogP contribution in [-0.2, 0) is 0 Å². The molecule has 0 spiro atoms. The molecule has 0 bridgehead atoms. The maximum absolute atomic E-state index is 4.84. The highest BCUT2D eigenvalue weighted by Gasteiger charge is 2.25. The standard InChI is InChI=1S/C16H32N4S.HI/c1-4-17-16(19-14-6-7-15(10-14)21-3)18-11-13-8-9-20(5-2)12-13;/h13-15H,4-12H2,1-3H3,(H2,17,18,19);1H. The van der Waals surface area contributed by atoms with E-state index in [1.807, 2.05) is 11.8 Å². The molecule has 4 nitrogen and oxygen atoms in total. The van der Waals surface area contributed by atoms with Crippen LogP contribution >= 0.6 is 35.7 Å². The number of hydrogen-bond acceptors (Lipinski definition) is 3. The van der Waals surface area contributed by atoms with Crippen LogP contribution in [0.3, 0.4) is 0 Å². The molecule has 3 unspecified atom stereocenters. The van der Waals surface area contributed by atoms with Crippen molar-refractivity contribution >= 4 is 41.7 Å². The van der Waals surface area contributed by atoms with Crippen molar-refractivity contribution in [2.75, 3.05) is 39.0 Å². The van der Waals surface area contributed by atoms with Crippen LogP contribution in [0, 0.1) is 5.92 Å². The third-order valence-electron chi connectivity index (χ3n) is 4.73. The molecule has 3 atom stereocenters. The Bertz CT molecular complexity index is 340. The monoisotopic (exact) mass is 440 g/mol. The molecule has 130 valence electrons. The predicted octanol–water partition coefficient (Wildman–Crippen LogP) is 2.79. The molecule has 2 fully saturated rings. The summed E-state index contributed by atoms with van der Waals surface area (Å²) in [6, 6.07) is 0.607. The molecule has 2 N–H and O–H groups in total. The number of thioether (sulfide) groups is 1. The van der Waals surface area contributed by atoms with Gasteiger partial charge in [0.2, 0.25) is 0 Å². The largest absolute Gasteiger partial charge is 0.357 e. The van der Waals surface area contributed by atoms with Crippen molar-refractivity contribution in [2.45, 2.75) is 50.8 Å². The summed E-state index contributed by atoms with van der Waals surface area (Å²) in [6.07, 6.45) is 7.43. The summed E-state index contributed by atoms with van der Waals surface area (Å²) in [6.45, 7) is 9.94. The summed E-state index contributed by atoms with van der Waals surface area (Å²) >= 11 is 2.01. The van der Waals surface area contributed by atoms with Gasteiger partial charge < -0.3 is 15.5 Å². The molecule has 6 heteroatoms. The minimum Gasteiger partial charge on any atom is -0.357 e. The third kappa shape index (κ3) is 6.43. The second-order valence-corrected chi connectivity index (χ2v) is 7.42. The first-order chi connectivity index (χ1) is 10.2. The summed E-state index contributed by atoms with van der Waals surface area (Å²) in [7, 11) is 0. The Morgan fingerprint density at radius 1 is 1.27 bits per heavy atom. The van der Waals surface area contributed by atoms with Crippen LogP contribution in [0.2, 0.25) is 0 Å². The number of halogens is 1. The fourth-order valence-electron chi connectivity index (χ4n) is 3.37. The van der Waals surface area contributed by atoms with E-state index in [4.69, 9.17) is 4.99 Å². The lowest BCUT2D eigenvalue weighted by molar-refractivity contribution is 0.343. The second kappa shape index (κ2) is 11.0. The predicted molar refractivity (Wildman–Crippen MR) is 110 cm³/mol. The number of hydrogen-bond donors (Lipinski definition) is 2. The van der Waals surface area contributed by atoms with Crippen LogP contribution in [0.4, 0.5) is 0 Å². The minimum absolute atomic E-state index is 0. The molecule has 0 amide bonds. The van der Waals surface area contributed by atoms with Gasteiger partial charge in [-0.05, 0) is 57.9 Å². The minimum atomic E-state index is 0. The lowest BCUT2D eigenvalue weighted by Crippen LogP contribution is -2.43. The van der Waals surface area contributed by atoms with Gasteiger partial charge in [-0.2, -0.15) is 11.8 Å². The van der Waals surface area contributed by atoms with Crippen molar-refractivity contribution in [3.05, 3.63) is 0 Å². The Morgan fingerprint density at radius 2 is 2.09 bits per heavy atom. The van der Waals surface area contributed by atoms with Crippen LogP contribution in [0.25, 0.3) is 0 Å². The van der Waals surface area contributed by atoms with Crippen molar-refractivity contribution in [1.82, 2.24) is 15.5 Å². The van der Waals surface area contributed by atoms with E-state index in [-0.39, 0.29) is 24.0 Å². The van der Waals surface area contributed by atoms with E-state index in [1.54, 1.807) is 0 Å². The van der Waals surface area contributed by atoms with Gasteiger partial charge in [0.05, 0.1) is 0 Å². The molecule has 0 radical (unpaired) electrons. The van der Waals surface area contributed by atoms with E-state index < -0.39 is 0 Å². The van der Waals surface area contributed by atoms with Crippen molar-refractivity contribution in [3.63, 3.8) is 0 Å². The van der Waals surface area contributed by atoms with Gasteiger partial charge in [0.25, 0.3) is 0 Å². The van der Waals surface area contributed by atoms with Gasteiger partial charge >= 0.3 is 0 Å². The lowest BCUT2D eigenvalue weighted by atomic mass is 10.1. The van der Waals surface area contributed by atoms with Crippen LogP contribution in [0.5, 0.6) is 0 Å². The molecule has 22 heavy (non-hydrogen) atoms. The SMILES string of the molecule is CCNC(=NCC1CCN(CC)C1)NC1CCC(SC)C1.I. The van der Waals surface area contributed by atoms with Gasteiger partial charge in [0.1, 0.15) is 0 Å². The van der Waals surface area contributed by atoms with Crippen molar-refractivity contribution in [1.29, 1.82) is 0 Å². The van der Waals surface area contributed by atoms with E-state index in [0.29, 0.717) is 6.04 Å². The third-order valence-corrected chi connectivity index (χ3v) is 5.82. The quantitative estimate of drug-likeness (QED) is 0.379. The van der Waals surface area contributed by atoms with E-state index in [1.165, 1.54) is 45.3 Å². The van der Waals surface area contributed by atoms with Crippen LogP contribution in [0.15, 0.2) is 4.99 Å².